The lowest BCUT2D eigenvalue weighted by Crippen LogP contribution is -2.35. The molecule has 1 saturated heterocycles. The number of likely N-dealkylation sites (N-methyl/N-ethyl adjacent to an activating group) is 2. The summed E-state index contributed by atoms with van der Waals surface area (Å²) in [5.41, 5.74) is 3.07. The molecule has 0 radical (unpaired) electrons. The maximum atomic E-state index is 12.1. The molecule has 188 valence electrons. The summed E-state index contributed by atoms with van der Waals surface area (Å²) in [5.74, 6) is 0.698. The van der Waals surface area contributed by atoms with Gasteiger partial charge in [-0.2, -0.15) is 9.97 Å². The fourth-order valence-corrected chi connectivity index (χ4v) is 5.53. The molecule has 8 heteroatoms. The van der Waals surface area contributed by atoms with Gasteiger partial charge in [-0.15, -0.1) is 0 Å². The summed E-state index contributed by atoms with van der Waals surface area (Å²) in [7, 11) is 4.01. The number of aromatic nitrogens is 2. The molecule has 1 aromatic heterocycles. The van der Waals surface area contributed by atoms with Gasteiger partial charge >= 0.3 is 6.01 Å². The van der Waals surface area contributed by atoms with E-state index in [0.717, 1.165) is 64.5 Å². The average Bonchev–Trinajstić information content (AvgIpc) is 3.30. The highest BCUT2D eigenvalue weighted by molar-refractivity contribution is 6.36. The zero-order valence-electron chi connectivity index (χ0n) is 20.9. The van der Waals surface area contributed by atoms with Gasteiger partial charge in [0.2, 0.25) is 0 Å². The van der Waals surface area contributed by atoms with E-state index in [4.69, 9.17) is 26.3 Å². The van der Waals surface area contributed by atoms with Crippen LogP contribution in [0.25, 0.3) is 10.8 Å². The van der Waals surface area contributed by atoms with Gasteiger partial charge in [-0.05, 0) is 56.4 Å². The molecular formula is C28H32ClN5O2. The summed E-state index contributed by atoms with van der Waals surface area (Å²) in [6, 6.07) is 13.0. The number of carbonyl (C=O) groups excluding carboxylic acids is 1. The number of likely N-dealkylation sites (tertiary alicyclic amines) is 1. The van der Waals surface area contributed by atoms with Gasteiger partial charge in [0, 0.05) is 36.3 Å². The van der Waals surface area contributed by atoms with Crippen LogP contribution in [0.15, 0.2) is 49.1 Å². The van der Waals surface area contributed by atoms with Crippen LogP contribution in [0.2, 0.25) is 5.02 Å². The molecule has 0 bridgehead atoms. The van der Waals surface area contributed by atoms with Crippen molar-refractivity contribution in [3.05, 3.63) is 65.3 Å². The molecule has 2 aliphatic rings. The van der Waals surface area contributed by atoms with Gasteiger partial charge in [0.25, 0.3) is 0 Å². The number of rotatable bonds is 8. The Morgan fingerprint density at radius 2 is 2.06 bits per heavy atom. The topological polar surface area (TPSA) is 61.8 Å². The van der Waals surface area contributed by atoms with E-state index in [2.05, 4.69) is 47.7 Å². The lowest BCUT2D eigenvalue weighted by atomic mass is 10.0. The van der Waals surface area contributed by atoms with Crippen molar-refractivity contribution in [2.45, 2.75) is 31.8 Å². The third kappa shape index (κ3) is 4.90. The van der Waals surface area contributed by atoms with Crippen LogP contribution in [0.5, 0.6) is 6.01 Å². The Morgan fingerprint density at radius 1 is 1.25 bits per heavy atom. The number of ketones is 1. The van der Waals surface area contributed by atoms with Crippen molar-refractivity contribution >= 4 is 39.7 Å². The Bertz CT molecular complexity index is 1290. The maximum absolute atomic E-state index is 12.1. The van der Waals surface area contributed by atoms with Gasteiger partial charge in [0.1, 0.15) is 12.4 Å². The molecule has 0 N–H and O–H groups in total. The fourth-order valence-electron chi connectivity index (χ4n) is 5.25. The van der Waals surface area contributed by atoms with E-state index in [1.807, 2.05) is 24.1 Å². The highest BCUT2D eigenvalue weighted by Crippen LogP contribution is 2.36. The zero-order chi connectivity index (χ0) is 25.2. The molecule has 0 amide bonds. The minimum absolute atomic E-state index is 0.0530. The van der Waals surface area contributed by atoms with Crippen LogP contribution < -0.4 is 14.5 Å². The highest BCUT2D eigenvalue weighted by Gasteiger charge is 2.27. The Hall–Kier alpha value is -3.16. The van der Waals surface area contributed by atoms with Crippen LogP contribution in [0.3, 0.4) is 0 Å². The molecule has 3 heterocycles. The number of carbonyl (C=O) groups is 1. The van der Waals surface area contributed by atoms with Gasteiger partial charge in [-0.25, -0.2) is 0 Å². The number of hydrogen-bond donors (Lipinski definition) is 0. The monoisotopic (exact) mass is 505 g/mol. The maximum Gasteiger partial charge on any atom is 0.318 e. The molecule has 0 aliphatic carbocycles. The lowest BCUT2D eigenvalue weighted by Gasteiger charge is -2.33. The molecule has 0 saturated carbocycles. The van der Waals surface area contributed by atoms with E-state index in [1.54, 1.807) is 0 Å². The quantitative estimate of drug-likeness (QED) is 0.417. The summed E-state index contributed by atoms with van der Waals surface area (Å²) in [6.07, 6.45) is 4.39. The summed E-state index contributed by atoms with van der Waals surface area (Å²) in [6.45, 7) is 6.86. The SMILES string of the molecule is C=CC(=O)CN(C)c1nc(OC[C@@H]2CCCN2C)nc2c1CCN(c1cccc3cccc(Cl)c13)C2. The molecular weight excluding hydrogens is 474 g/mol. The number of hydrogen-bond acceptors (Lipinski definition) is 7. The van der Waals surface area contributed by atoms with Crippen molar-refractivity contribution in [3.8, 4) is 6.01 Å². The summed E-state index contributed by atoms with van der Waals surface area (Å²) in [4.78, 5) is 28.3. The van der Waals surface area contributed by atoms with Gasteiger partial charge in [-0.1, -0.05) is 42.4 Å². The molecule has 0 unspecified atom stereocenters. The standard InChI is InChI=1S/C28H32ClN5O2/c1-4-21(35)16-33(3)27-22-13-15-34(25-12-6-9-19-8-5-11-23(29)26(19)25)17-24(22)30-28(31-27)36-18-20-10-7-14-32(20)2/h4-6,8-9,11-12,20H,1,7,10,13-18H2,2-3H3/t20-/m0/s1. The molecule has 3 aromatic rings. The van der Waals surface area contributed by atoms with Gasteiger partial charge in [0.05, 0.1) is 23.8 Å². The molecule has 36 heavy (non-hydrogen) atoms. The second kappa shape index (κ2) is 10.4. The Balaban J connectivity index is 1.48. The van der Waals surface area contributed by atoms with Crippen LogP contribution in [0.4, 0.5) is 11.5 Å². The van der Waals surface area contributed by atoms with Gasteiger partial charge in [-0.3, -0.25) is 4.79 Å². The highest BCUT2D eigenvalue weighted by atomic mass is 35.5. The molecule has 2 aliphatic heterocycles. The van der Waals surface area contributed by atoms with E-state index < -0.39 is 0 Å². The second-order valence-electron chi connectivity index (χ2n) is 9.66. The minimum Gasteiger partial charge on any atom is -0.462 e. The summed E-state index contributed by atoms with van der Waals surface area (Å²) >= 11 is 6.63. The molecule has 1 fully saturated rings. The van der Waals surface area contributed by atoms with Crippen LogP contribution in [0.1, 0.15) is 24.1 Å². The van der Waals surface area contributed by atoms with E-state index in [-0.39, 0.29) is 12.3 Å². The lowest BCUT2D eigenvalue weighted by molar-refractivity contribution is -0.113. The normalized spacial score (nSPS) is 17.8. The van der Waals surface area contributed by atoms with E-state index >= 15 is 0 Å². The zero-order valence-corrected chi connectivity index (χ0v) is 21.7. The van der Waals surface area contributed by atoms with Crippen LogP contribution >= 0.6 is 11.6 Å². The largest absolute Gasteiger partial charge is 0.462 e. The van der Waals surface area contributed by atoms with Gasteiger partial charge < -0.3 is 19.4 Å². The molecule has 1 atom stereocenters. The second-order valence-corrected chi connectivity index (χ2v) is 10.1. The van der Waals surface area contributed by atoms with Gasteiger partial charge in [0.15, 0.2) is 5.78 Å². The summed E-state index contributed by atoms with van der Waals surface area (Å²) in [5, 5.41) is 2.90. The predicted octanol–water partition coefficient (Wildman–Crippen LogP) is 4.51. The van der Waals surface area contributed by atoms with E-state index in [9.17, 15) is 4.79 Å². The summed E-state index contributed by atoms with van der Waals surface area (Å²) < 4.78 is 6.14. The first kappa shape index (κ1) is 24.5. The first-order chi connectivity index (χ1) is 17.4. The number of halogens is 1. The minimum atomic E-state index is -0.0530. The number of anilines is 2. The number of fused-ring (bicyclic) bond motifs is 2. The van der Waals surface area contributed by atoms with Crippen LogP contribution in [-0.4, -0.2) is 67.0 Å². The molecule has 0 spiro atoms. The van der Waals surface area contributed by atoms with Crippen LogP contribution in [-0.2, 0) is 17.8 Å². The van der Waals surface area contributed by atoms with Crippen molar-refractivity contribution in [2.75, 3.05) is 50.1 Å². The van der Waals surface area contributed by atoms with E-state index in [0.29, 0.717) is 25.2 Å². The van der Waals surface area contributed by atoms with Crippen molar-refractivity contribution in [1.29, 1.82) is 0 Å². The fraction of sp³-hybridized carbons (Fsp3) is 0.393. The Kier molecular flexibility index (Phi) is 7.12. The van der Waals surface area contributed by atoms with E-state index in [1.165, 1.54) is 12.5 Å². The first-order valence-electron chi connectivity index (χ1n) is 12.5. The van der Waals surface area contributed by atoms with Crippen molar-refractivity contribution < 1.29 is 9.53 Å². The van der Waals surface area contributed by atoms with Crippen LogP contribution in [0, 0.1) is 0 Å². The predicted molar refractivity (Wildman–Crippen MR) is 145 cm³/mol. The first-order valence-corrected chi connectivity index (χ1v) is 12.8. The third-order valence-electron chi connectivity index (χ3n) is 7.25. The number of benzene rings is 2. The average molecular weight is 506 g/mol. The Labute approximate surface area is 217 Å². The number of nitrogens with zero attached hydrogens (tertiary/aromatic N) is 5. The van der Waals surface area contributed by atoms with Crippen molar-refractivity contribution in [1.82, 2.24) is 14.9 Å². The third-order valence-corrected chi connectivity index (χ3v) is 7.57. The van der Waals surface area contributed by atoms with Crippen molar-refractivity contribution in [2.24, 2.45) is 0 Å². The smallest absolute Gasteiger partial charge is 0.318 e. The molecule has 5 rings (SSSR count). The molecule has 7 nitrogen and oxygen atoms in total. The van der Waals surface area contributed by atoms with Crippen molar-refractivity contribution in [3.63, 3.8) is 0 Å². The Morgan fingerprint density at radius 3 is 2.81 bits per heavy atom. The molecule has 2 aromatic carbocycles. The number of ether oxygens (including phenoxy) is 1.